The van der Waals surface area contributed by atoms with Gasteiger partial charge in [-0.3, -0.25) is 4.79 Å². The summed E-state index contributed by atoms with van der Waals surface area (Å²) in [6.45, 7) is 2.78. The number of hydrogen-bond acceptors (Lipinski definition) is 6. The van der Waals surface area contributed by atoms with E-state index in [4.69, 9.17) is 4.42 Å². The topological polar surface area (TPSA) is 114 Å². The van der Waals surface area contributed by atoms with Gasteiger partial charge in [-0.2, -0.15) is 4.31 Å². The van der Waals surface area contributed by atoms with E-state index in [1.54, 1.807) is 12.1 Å². The number of carbonyl (C=O) groups excluding carboxylic acids is 1. The van der Waals surface area contributed by atoms with E-state index in [1.807, 2.05) is 25.1 Å². The minimum absolute atomic E-state index is 0.0663. The first-order valence-electron chi connectivity index (χ1n) is 13.0. The van der Waals surface area contributed by atoms with E-state index >= 15 is 0 Å². The lowest BCUT2D eigenvalue weighted by Crippen LogP contribution is -2.38. The molecule has 8 nitrogen and oxygen atoms in total. The first-order chi connectivity index (χ1) is 19.1. The number of amides is 1. The van der Waals surface area contributed by atoms with Crippen molar-refractivity contribution >= 4 is 31.5 Å². The quantitative estimate of drug-likeness (QED) is 0.303. The molecule has 208 valence electrons. The molecule has 2 heterocycles. The summed E-state index contributed by atoms with van der Waals surface area (Å²) in [5.74, 6) is -0.386. The van der Waals surface area contributed by atoms with Crippen LogP contribution in [0.2, 0.25) is 0 Å². The Bertz CT molecular complexity index is 1690. The molecule has 1 aromatic heterocycles. The molecular formula is C30H30N2O6S2. The van der Waals surface area contributed by atoms with Crippen LogP contribution in [-0.2, 0) is 26.3 Å². The van der Waals surface area contributed by atoms with Gasteiger partial charge in [-0.15, -0.1) is 0 Å². The Labute approximate surface area is 234 Å². The number of anilines is 1. The second-order valence-electron chi connectivity index (χ2n) is 9.95. The fourth-order valence-corrected chi connectivity index (χ4v) is 7.42. The fraction of sp³-hybridized carbons (Fsp3) is 0.233. The van der Waals surface area contributed by atoms with Gasteiger partial charge in [0.25, 0.3) is 5.91 Å². The number of nitrogens with one attached hydrogen (secondary N) is 1. The van der Waals surface area contributed by atoms with E-state index in [2.05, 4.69) is 17.4 Å². The monoisotopic (exact) mass is 578 g/mol. The Hall–Kier alpha value is -3.73. The summed E-state index contributed by atoms with van der Waals surface area (Å²) in [5.41, 5.74) is 2.53. The number of furan rings is 1. The van der Waals surface area contributed by atoms with Crippen LogP contribution in [0, 0.1) is 12.8 Å². The van der Waals surface area contributed by atoms with Crippen LogP contribution in [-0.4, -0.2) is 40.1 Å². The largest absolute Gasteiger partial charge is 0.439 e. The molecule has 0 atom stereocenters. The lowest BCUT2D eigenvalue weighted by molar-refractivity contribution is 0.0991. The SMILES string of the molecule is Cc1ccc(S(=O)(=O)c2ccc(C(=O)Nc3ccc(S(=O)(=O)N4CCC(Cc5ccccc5)CC4)cc3)o2)cc1. The summed E-state index contributed by atoms with van der Waals surface area (Å²) < 4.78 is 58.9. The Balaban J connectivity index is 1.20. The highest BCUT2D eigenvalue weighted by Crippen LogP contribution is 2.27. The zero-order valence-electron chi connectivity index (χ0n) is 22.0. The predicted molar refractivity (Wildman–Crippen MR) is 151 cm³/mol. The van der Waals surface area contributed by atoms with Crippen molar-refractivity contribution in [3.05, 3.63) is 108 Å². The Morgan fingerprint density at radius 1 is 0.825 bits per heavy atom. The summed E-state index contributed by atoms with van der Waals surface area (Å²) in [5, 5.41) is 2.28. The molecule has 0 spiro atoms. The average Bonchev–Trinajstić information content (AvgIpc) is 3.46. The summed E-state index contributed by atoms with van der Waals surface area (Å²) in [4.78, 5) is 12.9. The highest BCUT2D eigenvalue weighted by atomic mass is 32.2. The number of aryl methyl sites for hydroxylation is 1. The fourth-order valence-electron chi connectivity index (χ4n) is 4.77. The van der Waals surface area contributed by atoms with Crippen LogP contribution in [0.3, 0.4) is 0 Å². The number of nitrogens with zero attached hydrogens (tertiary/aromatic N) is 1. The lowest BCUT2D eigenvalue weighted by Gasteiger charge is -2.31. The molecule has 1 aliphatic heterocycles. The molecule has 10 heteroatoms. The molecule has 4 aromatic rings. The number of benzene rings is 3. The lowest BCUT2D eigenvalue weighted by atomic mass is 9.91. The highest BCUT2D eigenvalue weighted by Gasteiger charge is 2.29. The molecule has 0 bridgehead atoms. The molecule has 0 aliphatic carbocycles. The van der Waals surface area contributed by atoms with Crippen molar-refractivity contribution in [2.45, 2.75) is 41.1 Å². The molecule has 5 rings (SSSR count). The smallest absolute Gasteiger partial charge is 0.291 e. The van der Waals surface area contributed by atoms with E-state index in [-0.39, 0.29) is 20.6 Å². The van der Waals surface area contributed by atoms with Crippen molar-refractivity contribution in [1.29, 1.82) is 0 Å². The van der Waals surface area contributed by atoms with Crippen LogP contribution < -0.4 is 5.32 Å². The van der Waals surface area contributed by atoms with Gasteiger partial charge in [0.1, 0.15) is 0 Å². The summed E-state index contributed by atoms with van der Waals surface area (Å²) in [6.07, 6.45) is 2.54. The van der Waals surface area contributed by atoms with Gasteiger partial charge < -0.3 is 9.73 Å². The second-order valence-corrected chi connectivity index (χ2v) is 13.8. The maximum atomic E-state index is 13.2. The Kier molecular flexibility index (Phi) is 7.93. The van der Waals surface area contributed by atoms with Gasteiger partial charge in [0.2, 0.25) is 25.0 Å². The molecule has 1 saturated heterocycles. The molecule has 3 aromatic carbocycles. The first-order valence-corrected chi connectivity index (χ1v) is 15.9. The highest BCUT2D eigenvalue weighted by molar-refractivity contribution is 7.91. The molecule has 1 fully saturated rings. The average molecular weight is 579 g/mol. The third kappa shape index (κ3) is 6.04. The molecule has 0 saturated carbocycles. The zero-order chi connectivity index (χ0) is 28.3. The minimum Gasteiger partial charge on any atom is -0.439 e. The van der Waals surface area contributed by atoms with E-state index in [9.17, 15) is 21.6 Å². The van der Waals surface area contributed by atoms with Crippen LogP contribution in [0.1, 0.15) is 34.5 Å². The number of hydrogen-bond donors (Lipinski definition) is 1. The van der Waals surface area contributed by atoms with Gasteiger partial charge in [0.15, 0.2) is 5.76 Å². The van der Waals surface area contributed by atoms with E-state index < -0.39 is 25.8 Å². The van der Waals surface area contributed by atoms with Gasteiger partial charge in [0.05, 0.1) is 9.79 Å². The molecular weight excluding hydrogens is 548 g/mol. The van der Waals surface area contributed by atoms with Crippen molar-refractivity contribution in [3.63, 3.8) is 0 Å². The summed E-state index contributed by atoms with van der Waals surface area (Å²) in [7, 11) is -7.57. The van der Waals surface area contributed by atoms with Crippen LogP contribution in [0.5, 0.6) is 0 Å². The van der Waals surface area contributed by atoms with Crippen LogP contribution in [0.4, 0.5) is 5.69 Å². The minimum atomic E-state index is -3.91. The van der Waals surface area contributed by atoms with Crippen LogP contribution in [0.15, 0.2) is 110 Å². The normalized spacial score (nSPS) is 15.1. The third-order valence-electron chi connectivity index (χ3n) is 7.09. The first kappa shape index (κ1) is 27.8. The Morgan fingerprint density at radius 2 is 1.45 bits per heavy atom. The number of piperidine rings is 1. The molecule has 1 amide bonds. The molecule has 1 aliphatic rings. The molecule has 1 N–H and O–H groups in total. The van der Waals surface area contributed by atoms with Crippen molar-refractivity contribution in [3.8, 4) is 0 Å². The molecule has 0 radical (unpaired) electrons. The number of rotatable bonds is 8. The van der Waals surface area contributed by atoms with E-state index in [1.165, 1.54) is 58.4 Å². The standard InChI is InChI=1S/C30H30N2O6S2/c1-22-7-11-26(12-8-22)39(34,35)29-16-15-28(38-29)30(33)31-25-9-13-27(14-10-25)40(36,37)32-19-17-24(18-20-32)21-23-5-3-2-4-6-23/h2-16,24H,17-21H2,1H3,(H,31,33). The van der Waals surface area contributed by atoms with Crippen molar-refractivity contribution in [2.75, 3.05) is 18.4 Å². The second kappa shape index (κ2) is 11.4. The van der Waals surface area contributed by atoms with E-state index in [0.29, 0.717) is 24.7 Å². The number of sulfone groups is 1. The van der Waals surface area contributed by atoms with Gasteiger partial charge in [-0.1, -0.05) is 48.0 Å². The maximum absolute atomic E-state index is 13.2. The van der Waals surface area contributed by atoms with E-state index in [0.717, 1.165) is 24.8 Å². The van der Waals surface area contributed by atoms with Gasteiger partial charge in [0, 0.05) is 18.8 Å². The maximum Gasteiger partial charge on any atom is 0.291 e. The van der Waals surface area contributed by atoms with Gasteiger partial charge in [-0.25, -0.2) is 16.8 Å². The third-order valence-corrected chi connectivity index (χ3v) is 10.6. The molecule has 0 unspecified atom stereocenters. The van der Waals surface area contributed by atoms with Crippen molar-refractivity contribution < 1.29 is 26.0 Å². The van der Waals surface area contributed by atoms with Crippen molar-refractivity contribution in [2.24, 2.45) is 5.92 Å². The van der Waals surface area contributed by atoms with Crippen molar-refractivity contribution in [1.82, 2.24) is 4.31 Å². The zero-order valence-corrected chi connectivity index (χ0v) is 23.6. The molecule has 40 heavy (non-hydrogen) atoms. The van der Waals surface area contributed by atoms with Crippen LogP contribution >= 0.6 is 0 Å². The summed E-state index contributed by atoms with van der Waals surface area (Å²) >= 11 is 0. The number of carbonyl (C=O) groups is 1. The van der Waals surface area contributed by atoms with Crippen LogP contribution in [0.25, 0.3) is 0 Å². The predicted octanol–water partition coefficient (Wildman–Crippen LogP) is 5.32. The van der Waals surface area contributed by atoms with Gasteiger partial charge >= 0.3 is 0 Å². The summed E-state index contributed by atoms with van der Waals surface area (Å²) in [6, 6.07) is 25.0. The Morgan fingerprint density at radius 3 is 2.10 bits per heavy atom. The number of sulfonamides is 1. The van der Waals surface area contributed by atoms with Gasteiger partial charge in [-0.05, 0) is 86.2 Å².